The SMILES string of the molecule is [CH2]CC(C)(c1c(C)nc(-c2cc(C)cc(C)c2OCC)nc1OC)C1CC1. The van der Waals surface area contributed by atoms with Crippen LogP contribution in [0.5, 0.6) is 11.6 Å². The molecular formula is C23H31N2O2. The normalized spacial score (nSPS) is 16.1. The van der Waals surface area contributed by atoms with Crippen molar-refractivity contribution >= 4 is 0 Å². The number of hydrogen-bond acceptors (Lipinski definition) is 4. The molecule has 1 fully saturated rings. The number of rotatable bonds is 7. The van der Waals surface area contributed by atoms with E-state index < -0.39 is 0 Å². The minimum Gasteiger partial charge on any atom is -0.493 e. The van der Waals surface area contributed by atoms with Gasteiger partial charge in [-0.05, 0) is 70.1 Å². The van der Waals surface area contributed by atoms with Gasteiger partial charge in [-0.15, -0.1) is 0 Å². The zero-order valence-corrected chi connectivity index (χ0v) is 17.5. The number of ether oxygens (including phenoxy) is 2. The molecule has 0 saturated heterocycles. The molecule has 4 nitrogen and oxygen atoms in total. The first-order chi connectivity index (χ1) is 12.8. The number of nitrogens with zero attached hydrogens (tertiary/aromatic N) is 2. The molecule has 1 unspecified atom stereocenters. The number of hydrogen-bond donors (Lipinski definition) is 0. The van der Waals surface area contributed by atoms with Crippen molar-refractivity contribution in [1.82, 2.24) is 9.97 Å². The Morgan fingerprint density at radius 2 is 1.89 bits per heavy atom. The summed E-state index contributed by atoms with van der Waals surface area (Å²) in [6.07, 6.45) is 3.29. The Labute approximate surface area is 163 Å². The second kappa shape index (κ2) is 7.49. The van der Waals surface area contributed by atoms with Crippen molar-refractivity contribution in [2.75, 3.05) is 13.7 Å². The fourth-order valence-corrected chi connectivity index (χ4v) is 4.18. The van der Waals surface area contributed by atoms with Crippen LogP contribution in [0.3, 0.4) is 0 Å². The molecule has 0 spiro atoms. The molecule has 0 aliphatic heterocycles. The Morgan fingerprint density at radius 1 is 1.19 bits per heavy atom. The van der Waals surface area contributed by atoms with Crippen LogP contribution in [-0.2, 0) is 5.41 Å². The molecule has 0 bridgehead atoms. The zero-order valence-electron chi connectivity index (χ0n) is 17.5. The standard InChI is InChI=1S/C23H31N2O2/c1-8-23(6,17-10-11-17)19-16(5)24-21(25-22(19)26-7)18-13-14(3)12-15(4)20(18)27-9-2/h12-13,17H,1,8-11H2,2-7H3. The summed E-state index contributed by atoms with van der Waals surface area (Å²) in [5.41, 5.74) is 5.21. The molecule has 0 N–H and O–H groups in total. The molecule has 0 amide bonds. The van der Waals surface area contributed by atoms with E-state index in [4.69, 9.17) is 19.4 Å². The fourth-order valence-electron chi connectivity index (χ4n) is 4.18. The quantitative estimate of drug-likeness (QED) is 0.660. The smallest absolute Gasteiger partial charge is 0.220 e. The topological polar surface area (TPSA) is 44.2 Å². The summed E-state index contributed by atoms with van der Waals surface area (Å²) in [7, 11) is 1.69. The van der Waals surface area contributed by atoms with Gasteiger partial charge in [0.1, 0.15) is 5.75 Å². The van der Waals surface area contributed by atoms with E-state index in [9.17, 15) is 0 Å². The summed E-state index contributed by atoms with van der Waals surface area (Å²) in [5.74, 6) is 2.80. The van der Waals surface area contributed by atoms with Gasteiger partial charge in [-0.1, -0.05) is 19.9 Å². The lowest BCUT2D eigenvalue weighted by Gasteiger charge is -2.31. The summed E-state index contributed by atoms with van der Waals surface area (Å²) in [6, 6.07) is 4.22. The van der Waals surface area contributed by atoms with Gasteiger partial charge >= 0.3 is 0 Å². The second-order valence-electron chi connectivity index (χ2n) is 7.85. The summed E-state index contributed by atoms with van der Waals surface area (Å²) >= 11 is 0. The van der Waals surface area contributed by atoms with Crippen LogP contribution < -0.4 is 9.47 Å². The van der Waals surface area contributed by atoms with Gasteiger partial charge in [0.05, 0.1) is 19.3 Å². The second-order valence-corrected chi connectivity index (χ2v) is 7.85. The van der Waals surface area contributed by atoms with Gasteiger partial charge < -0.3 is 9.47 Å². The van der Waals surface area contributed by atoms with Crippen LogP contribution in [0.1, 0.15) is 55.5 Å². The molecule has 1 heterocycles. The van der Waals surface area contributed by atoms with Gasteiger partial charge in [0.25, 0.3) is 0 Å². The molecule has 27 heavy (non-hydrogen) atoms. The summed E-state index contributed by atoms with van der Waals surface area (Å²) in [4.78, 5) is 9.73. The van der Waals surface area contributed by atoms with E-state index in [0.717, 1.165) is 40.1 Å². The first-order valence-electron chi connectivity index (χ1n) is 9.82. The molecule has 1 radical (unpaired) electrons. The molecule has 1 saturated carbocycles. The van der Waals surface area contributed by atoms with Crippen LogP contribution in [0.25, 0.3) is 11.4 Å². The molecular weight excluding hydrogens is 336 g/mol. The van der Waals surface area contributed by atoms with E-state index in [-0.39, 0.29) is 5.41 Å². The highest BCUT2D eigenvalue weighted by Gasteiger charge is 2.44. The summed E-state index contributed by atoms with van der Waals surface area (Å²) in [6.45, 7) is 15.3. The van der Waals surface area contributed by atoms with E-state index in [2.05, 4.69) is 46.8 Å². The lowest BCUT2D eigenvalue weighted by Crippen LogP contribution is -2.27. The van der Waals surface area contributed by atoms with Gasteiger partial charge in [-0.3, -0.25) is 0 Å². The van der Waals surface area contributed by atoms with Gasteiger partial charge in [0, 0.05) is 16.7 Å². The first kappa shape index (κ1) is 19.7. The van der Waals surface area contributed by atoms with Crippen LogP contribution in [0.2, 0.25) is 0 Å². The molecule has 1 atom stereocenters. The Kier molecular flexibility index (Phi) is 5.45. The minimum absolute atomic E-state index is 0.0424. The van der Waals surface area contributed by atoms with E-state index in [0.29, 0.717) is 24.2 Å². The van der Waals surface area contributed by atoms with Crippen molar-refractivity contribution in [2.45, 2.75) is 59.3 Å². The largest absolute Gasteiger partial charge is 0.493 e. The fraction of sp³-hybridized carbons (Fsp3) is 0.522. The molecule has 1 aliphatic rings. The van der Waals surface area contributed by atoms with E-state index in [1.807, 2.05) is 6.92 Å². The average molecular weight is 368 g/mol. The third-order valence-corrected chi connectivity index (χ3v) is 5.77. The minimum atomic E-state index is -0.0424. The Morgan fingerprint density at radius 3 is 2.44 bits per heavy atom. The number of benzene rings is 1. The molecule has 4 heteroatoms. The van der Waals surface area contributed by atoms with Crippen LogP contribution in [0, 0.1) is 33.6 Å². The van der Waals surface area contributed by atoms with E-state index in [1.54, 1.807) is 7.11 Å². The maximum Gasteiger partial charge on any atom is 0.220 e. The molecule has 1 aromatic carbocycles. The maximum atomic E-state index is 5.93. The van der Waals surface area contributed by atoms with Gasteiger partial charge in [0.15, 0.2) is 5.82 Å². The monoisotopic (exact) mass is 367 g/mol. The van der Waals surface area contributed by atoms with Gasteiger partial charge in [0.2, 0.25) is 5.88 Å². The molecule has 2 aromatic rings. The van der Waals surface area contributed by atoms with Gasteiger partial charge in [-0.2, -0.15) is 4.98 Å². The Bertz CT molecular complexity index is 843. The van der Waals surface area contributed by atoms with Crippen molar-refractivity contribution in [1.29, 1.82) is 0 Å². The van der Waals surface area contributed by atoms with Crippen molar-refractivity contribution in [3.05, 3.63) is 41.4 Å². The molecule has 1 aliphatic carbocycles. The third-order valence-electron chi connectivity index (χ3n) is 5.77. The summed E-state index contributed by atoms with van der Waals surface area (Å²) in [5, 5.41) is 0. The predicted octanol–water partition coefficient (Wildman–Crippen LogP) is 5.37. The van der Waals surface area contributed by atoms with Crippen LogP contribution >= 0.6 is 0 Å². The van der Waals surface area contributed by atoms with Crippen molar-refractivity contribution in [3.63, 3.8) is 0 Å². The van der Waals surface area contributed by atoms with Crippen molar-refractivity contribution in [2.24, 2.45) is 5.92 Å². The number of aromatic nitrogens is 2. The van der Waals surface area contributed by atoms with Crippen LogP contribution in [-0.4, -0.2) is 23.7 Å². The maximum absolute atomic E-state index is 5.93. The number of aryl methyl sites for hydroxylation is 3. The summed E-state index contributed by atoms with van der Waals surface area (Å²) < 4.78 is 11.7. The third kappa shape index (κ3) is 3.54. The Hall–Kier alpha value is -2.10. The lowest BCUT2D eigenvalue weighted by molar-refractivity contribution is 0.338. The van der Waals surface area contributed by atoms with Crippen molar-refractivity contribution < 1.29 is 9.47 Å². The molecule has 1 aromatic heterocycles. The highest BCUT2D eigenvalue weighted by atomic mass is 16.5. The first-order valence-corrected chi connectivity index (χ1v) is 9.82. The molecule has 3 rings (SSSR count). The zero-order chi connectivity index (χ0) is 19.8. The highest BCUT2D eigenvalue weighted by molar-refractivity contribution is 5.68. The molecule has 145 valence electrons. The highest BCUT2D eigenvalue weighted by Crippen LogP contribution is 2.52. The average Bonchev–Trinajstić information content (AvgIpc) is 3.48. The van der Waals surface area contributed by atoms with Crippen LogP contribution in [0.4, 0.5) is 0 Å². The predicted molar refractivity (Wildman–Crippen MR) is 109 cm³/mol. The lowest BCUT2D eigenvalue weighted by atomic mass is 9.75. The van der Waals surface area contributed by atoms with E-state index in [1.165, 1.54) is 12.8 Å². The van der Waals surface area contributed by atoms with Crippen molar-refractivity contribution in [3.8, 4) is 23.0 Å². The number of methoxy groups -OCH3 is 1. The Balaban J connectivity index is 2.19. The van der Waals surface area contributed by atoms with E-state index >= 15 is 0 Å². The van der Waals surface area contributed by atoms with Gasteiger partial charge in [-0.25, -0.2) is 4.98 Å². The van der Waals surface area contributed by atoms with Crippen LogP contribution in [0.15, 0.2) is 12.1 Å².